The number of hydrogen-bond acceptors (Lipinski definition) is 14. The van der Waals surface area contributed by atoms with Gasteiger partial charge in [0.2, 0.25) is 0 Å². The number of amides is 1. The lowest BCUT2D eigenvalue weighted by atomic mass is 9.78. The molecule has 4 bridgehead atoms. The highest BCUT2D eigenvalue weighted by Gasteiger charge is 2.51. The first-order valence-electron chi connectivity index (χ1n) is 21.2. The van der Waals surface area contributed by atoms with Gasteiger partial charge in [0, 0.05) is 93.6 Å². The number of piperidine rings is 1. The van der Waals surface area contributed by atoms with Crippen molar-refractivity contribution in [1.82, 2.24) is 4.90 Å². The molecule has 0 aliphatic carbocycles. The van der Waals surface area contributed by atoms with Gasteiger partial charge in [-0.25, -0.2) is 4.99 Å². The Balaban J connectivity index is 1.55. The Morgan fingerprint density at radius 2 is 1.66 bits per heavy atom. The van der Waals surface area contributed by atoms with Crippen molar-refractivity contribution in [3.8, 4) is 17.2 Å². The summed E-state index contributed by atoms with van der Waals surface area (Å²) in [6, 6.07) is 0. The van der Waals surface area contributed by atoms with Crippen LogP contribution in [0.1, 0.15) is 91.1 Å². The molecule has 0 radical (unpaired) electrons. The van der Waals surface area contributed by atoms with Gasteiger partial charge in [-0.1, -0.05) is 59.8 Å². The van der Waals surface area contributed by atoms with Crippen LogP contribution >= 0.6 is 0 Å². The minimum absolute atomic E-state index is 0.0538. The minimum atomic E-state index is -1.95. The maximum absolute atomic E-state index is 14.7. The Bertz CT molecular complexity index is 2300. The summed E-state index contributed by atoms with van der Waals surface area (Å²) in [5, 5.41) is 50.5. The van der Waals surface area contributed by atoms with Gasteiger partial charge < -0.3 is 49.6 Å². The van der Waals surface area contributed by atoms with Crippen LogP contribution in [0.5, 0.6) is 17.2 Å². The predicted octanol–water partition coefficient (Wildman–Crippen LogP) is 4.75. The molecular weight excluding hydrogens is 785 g/mol. The maximum atomic E-state index is 14.7. The summed E-state index contributed by atoms with van der Waals surface area (Å²) in [6.07, 6.45) is 5.07. The highest BCUT2D eigenvalue weighted by Crippen LogP contribution is 2.51. The van der Waals surface area contributed by atoms with Crippen LogP contribution in [0, 0.1) is 36.5 Å². The van der Waals surface area contributed by atoms with Crippen LogP contribution in [-0.4, -0.2) is 106 Å². The van der Waals surface area contributed by atoms with Crippen LogP contribution in [0.25, 0.3) is 10.8 Å². The highest BCUT2D eigenvalue weighted by molar-refractivity contribution is 6.21. The Kier molecular flexibility index (Phi) is 13.1. The third kappa shape index (κ3) is 8.54. The standard InChI is InChI=1S/C46H62N4O11/c1-22(2)21-50-18-16-46(17-19-50)48-34-31-32-39(54)28(8)42-33(31)43(56)45(10,61-42)59-20-15-30(58-11)25(5)41(60-29(9)51)27(7)38(53)26(6)37(52)23(3)13-12-14-24(4)44(57)47-36(40(32)55)35(34)49-46/h12-15,20,22-23,25-27,30,37-38,41,48,52-55H,16-19,21H2,1-11H3/b13-12-,20-15-,24-14-,47-36?/t23-,25-,26-,27-,30+,37-,38-,41-,45-/m0/s1. The first kappa shape index (κ1) is 45.7. The number of esters is 1. The van der Waals surface area contributed by atoms with Gasteiger partial charge in [-0.05, 0) is 25.8 Å². The number of hydrogen-bond donors (Lipinski definition) is 5. The lowest BCUT2D eigenvalue weighted by molar-refractivity contribution is -0.160. The van der Waals surface area contributed by atoms with E-state index in [4.69, 9.17) is 23.9 Å². The van der Waals surface area contributed by atoms with Crippen molar-refractivity contribution >= 4 is 34.1 Å². The van der Waals surface area contributed by atoms with Gasteiger partial charge in [-0.2, -0.15) is 0 Å². The molecule has 1 fully saturated rings. The summed E-state index contributed by atoms with van der Waals surface area (Å²) >= 11 is 0. The number of carbonyl (C=O) groups is 3. The quantitative estimate of drug-likeness (QED) is 0.208. The number of aliphatic hydroxyl groups is 2. The molecule has 4 heterocycles. The molecule has 2 aromatic carbocycles. The summed E-state index contributed by atoms with van der Waals surface area (Å²) in [4.78, 5) is 52.9. The van der Waals surface area contributed by atoms with Gasteiger partial charge in [0.05, 0.1) is 41.2 Å². The lowest BCUT2D eigenvalue weighted by Gasteiger charge is -2.38. The van der Waals surface area contributed by atoms with E-state index in [1.165, 1.54) is 27.2 Å². The monoisotopic (exact) mass is 846 g/mol. The van der Waals surface area contributed by atoms with E-state index in [2.05, 4.69) is 29.1 Å². The summed E-state index contributed by atoms with van der Waals surface area (Å²) in [7, 11) is 1.47. The van der Waals surface area contributed by atoms with Gasteiger partial charge in [-0.3, -0.25) is 19.4 Å². The molecule has 5 N–H and O–H groups in total. The number of rotatable bonds is 4. The number of likely N-dealkylation sites (tertiary alicyclic amines) is 1. The average molecular weight is 847 g/mol. The van der Waals surface area contributed by atoms with Crippen molar-refractivity contribution in [1.29, 1.82) is 0 Å². The number of aromatic hydroxyl groups is 2. The summed E-state index contributed by atoms with van der Waals surface area (Å²) in [6.45, 7) is 19.6. The molecule has 2 aromatic rings. The number of benzene rings is 2. The van der Waals surface area contributed by atoms with E-state index < -0.39 is 82.9 Å². The number of ether oxygens (including phenoxy) is 4. The summed E-state index contributed by atoms with van der Waals surface area (Å²) in [5.41, 5.74) is -0.111. The number of aliphatic hydroxyl groups excluding tert-OH is 2. The molecule has 332 valence electrons. The molecule has 4 aliphatic heterocycles. The zero-order chi connectivity index (χ0) is 44.9. The van der Waals surface area contributed by atoms with Crippen LogP contribution in [0.3, 0.4) is 0 Å². The second-order valence-electron chi connectivity index (χ2n) is 18.0. The maximum Gasteiger partial charge on any atom is 0.312 e. The highest BCUT2D eigenvalue weighted by atomic mass is 16.7. The SMILES string of the molecule is CO[C@@H]1/C=C\O[C@@]2(C)Oc3c(C)c(O)c4c(O)c(c5c(c4c3C2=O)NC2(CCN(CC(C)C)CC2)N=5)=NC(=O)/C(C)=C\C=C/[C@H](C)[C@H](O)[C@H](C)[C@H](O)[C@H](C)[C@@H](OC(C)=O)[C@H]1C. The normalized spacial score (nSPS) is 32.7. The molecule has 6 rings (SSSR count). The van der Waals surface area contributed by atoms with Crippen molar-refractivity contribution in [2.45, 2.75) is 118 Å². The number of phenolic OH excluding ortho intramolecular Hbond substituents is 2. The first-order valence-corrected chi connectivity index (χ1v) is 21.2. The van der Waals surface area contributed by atoms with Gasteiger partial charge in [0.15, 0.2) is 5.75 Å². The van der Waals surface area contributed by atoms with Crippen molar-refractivity contribution in [2.75, 3.05) is 32.1 Å². The summed E-state index contributed by atoms with van der Waals surface area (Å²) in [5.74, 6) is -6.57. The van der Waals surface area contributed by atoms with E-state index in [1.807, 2.05) is 0 Å². The lowest BCUT2D eigenvalue weighted by Crippen LogP contribution is -2.47. The van der Waals surface area contributed by atoms with Crippen LogP contribution in [0.15, 0.2) is 46.1 Å². The summed E-state index contributed by atoms with van der Waals surface area (Å²) < 4.78 is 24.0. The van der Waals surface area contributed by atoms with Crippen molar-refractivity contribution in [2.24, 2.45) is 39.6 Å². The van der Waals surface area contributed by atoms with E-state index >= 15 is 0 Å². The van der Waals surface area contributed by atoms with Gasteiger partial charge in [0.1, 0.15) is 34.0 Å². The van der Waals surface area contributed by atoms with Crippen LogP contribution in [-0.2, 0) is 23.8 Å². The number of carbonyl (C=O) groups excluding carboxylic acids is 3. The smallest absolute Gasteiger partial charge is 0.312 e. The molecule has 0 unspecified atom stereocenters. The van der Waals surface area contributed by atoms with Crippen molar-refractivity contribution < 1.29 is 53.8 Å². The number of Topliss-reactive ketones (excluding diaryl/α,β-unsaturated/α-hetero) is 1. The topological polar surface area (TPSA) is 209 Å². The molecular formula is C46H62N4O11. The molecule has 4 aliphatic rings. The third-order valence-electron chi connectivity index (χ3n) is 12.9. The fourth-order valence-electron chi connectivity index (χ4n) is 9.24. The number of ketones is 1. The molecule has 15 nitrogen and oxygen atoms in total. The van der Waals surface area contributed by atoms with E-state index in [1.54, 1.807) is 65.8 Å². The molecule has 15 heteroatoms. The predicted molar refractivity (Wildman–Crippen MR) is 228 cm³/mol. The zero-order valence-electron chi connectivity index (χ0n) is 37.1. The number of nitrogens with zero attached hydrogens (tertiary/aromatic N) is 3. The van der Waals surface area contributed by atoms with Crippen molar-refractivity contribution in [3.63, 3.8) is 0 Å². The molecule has 0 aromatic heterocycles. The number of fused-ring (bicyclic) bond motifs is 1. The first-order chi connectivity index (χ1) is 28.6. The minimum Gasteiger partial charge on any atom is -0.507 e. The second kappa shape index (κ2) is 17.5. The number of methoxy groups -OCH3 is 1. The molecule has 1 spiro atoms. The second-order valence-corrected chi connectivity index (χ2v) is 18.0. The molecule has 0 saturated carbocycles. The molecule has 1 saturated heterocycles. The third-order valence-corrected chi connectivity index (χ3v) is 12.9. The molecule has 1 amide bonds. The fraction of sp³-hybridized carbons (Fsp3) is 0.587. The fourth-order valence-corrected chi connectivity index (χ4v) is 9.24. The van der Waals surface area contributed by atoms with Crippen molar-refractivity contribution in [3.05, 3.63) is 58.0 Å². The zero-order valence-corrected chi connectivity index (χ0v) is 37.1. The largest absolute Gasteiger partial charge is 0.507 e. The van der Waals surface area contributed by atoms with E-state index in [0.29, 0.717) is 24.4 Å². The van der Waals surface area contributed by atoms with E-state index in [9.17, 15) is 34.8 Å². The van der Waals surface area contributed by atoms with E-state index in [-0.39, 0.29) is 49.7 Å². The Labute approximate surface area is 356 Å². The van der Waals surface area contributed by atoms with Crippen LogP contribution in [0.2, 0.25) is 0 Å². The number of nitrogens with one attached hydrogen (secondary N) is 1. The van der Waals surface area contributed by atoms with Crippen LogP contribution in [0.4, 0.5) is 5.69 Å². The van der Waals surface area contributed by atoms with Gasteiger partial charge in [-0.15, -0.1) is 0 Å². The van der Waals surface area contributed by atoms with Crippen LogP contribution < -0.4 is 20.8 Å². The van der Waals surface area contributed by atoms with Gasteiger partial charge >= 0.3 is 11.8 Å². The number of anilines is 1. The Morgan fingerprint density at radius 1 is 0.984 bits per heavy atom. The Hall–Kier alpha value is -4.83. The molecule has 61 heavy (non-hydrogen) atoms. The van der Waals surface area contributed by atoms with E-state index in [0.717, 1.165) is 19.6 Å². The number of phenols is 2. The molecule has 9 atom stereocenters. The average Bonchev–Trinajstić information content (AvgIpc) is 3.71. The number of allylic oxidation sites excluding steroid dienone is 2. The Morgan fingerprint density at radius 3 is 2.28 bits per heavy atom. The van der Waals surface area contributed by atoms with Gasteiger partial charge in [0.25, 0.3) is 11.7 Å².